The minimum atomic E-state index is -1.26. The largest absolute Gasteiger partial charge is 0.508 e. The number of phenols is 1. The highest BCUT2D eigenvalue weighted by Crippen LogP contribution is 2.12. The zero-order valence-electron chi connectivity index (χ0n) is 25.0. The second-order valence-electron chi connectivity index (χ2n) is 11.3. The van der Waals surface area contributed by atoms with Crippen LogP contribution in [0.2, 0.25) is 0 Å². The van der Waals surface area contributed by atoms with E-state index in [9.17, 15) is 34.2 Å². The number of benzene rings is 1. The average molecular weight is 593 g/mol. The van der Waals surface area contributed by atoms with Crippen LogP contribution in [0.15, 0.2) is 24.3 Å². The number of carbonyl (C=O) groups excluding carboxylic acids is 4. The molecule has 0 heterocycles. The van der Waals surface area contributed by atoms with E-state index in [4.69, 9.17) is 11.5 Å². The SMILES string of the molecule is CC(C)C[C@H](NC(=O)[C@@H](N)CC(C)C)C(=O)N[C@@H](CCCCN)C(=O)NCC(=O)N[C@@H](Cc1ccc(O)cc1)C(=O)O. The van der Waals surface area contributed by atoms with Crippen LogP contribution < -0.4 is 32.7 Å². The highest BCUT2D eigenvalue weighted by molar-refractivity contribution is 5.94. The van der Waals surface area contributed by atoms with E-state index in [1.807, 2.05) is 27.7 Å². The molecule has 0 spiro atoms. The van der Waals surface area contributed by atoms with Crippen molar-refractivity contribution in [1.82, 2.24) is 21.3 Å². The summed E-state index contributed by atoms with van der Waals surface area (Å²) in [5.74, 6) is -3.36. The molecule has 0 radical (unpaired) electrons. The second kappa shape index (κ2) is 18.7. The molecule has 13 heteroatoms. The van der Waals surface area contributed by atoms with Gasteiger partial charge >= 0.3 is 5.97 Å². The van der Waals surface area contributed by atoms with Gasteiger partial charge in [-0.1, -0.05) is 39.8 Å². The molecule has 0 bridgehead atoms. The Kier molecular flexibility index (Phi) is 16.1. The van der Waals surface area contributed by atoms with E-state index in [-0.39, 0.29) is 30.4 Å². The molecule has 236 valence electrons. The number of aliphatic carboxylic acids is 1. The van der Waals surface area contributed by atoms with E-state index < -0.39 is 60.3 Å². The Morgan fingerprint density at radius 2 is 1.38 bits per heavy atom. The number of carboxylic acids is 1. The number of carboxylic acid groups (broad SMARTS) is 1. The lowest BCUT2D eigenvalue weighted by Gasteiger charge is -2.25. The number of amides is 4. The lowest BCUT2D eigenvalue weighted by molar-refractivity contribution is -0.141. The van der Waals surface area contributed by atoms with E-state index in [2.05, 4.69) is 21.3 Å². The van der Waals surface area contributed by atoms with Crippen molar-refractivity contribution >= 4 is 29.6 Å². The third-order valence-corrected chi connectivity index (χ3v) is 6.41. The molecule has 1 rings (SSSR count). The van der Waals surface area contributed by atoms with Crippen molar-refractivity contribution in [3.05, 3.63) is 29.8 Å². The van der Waals surface area contributed by atoms with Crippen LogP contribution in [0.4, 0.5) is 0 Å². The maximum atomic E-state index is 13.2. The van der Waals surface area contributed by atoms with Crippen LogP contribution in [-0.4, -0.2) is 77.1 Å². The Labute approximate surface area is 247 Å². The summed E-state index contributed by atoms with van der Waals surface area (Å²) >= 11 is 0. The van der Waals surface area contributed by atoms with Crippen LogP contribution in [0.25, 0.3) is 0 Å². The Morgan fingerprint density at radius 3 is 1.93 bits per heavy atom. The van der Waals surface area contributed by atoms with Crippen LogP contribution in [0.1, 0.15) is 65.4 Å². The minimum Gasteiger partial charge on any atom is -0.508 e. The molecule has 0 aromatic heterocycles. The van der Waals surface area contributed by atoms with Gasteiger partial charge in [0.05, 0.1) is 12.6 Å². The standard InChI is InChI=1S/C29H48N6O7/c1-17(2)13-21(31)26(38)35-23(14-18(3)4)28(40)34-22(7-5-6-12-30)27(39)32-16-25(37)33-24(29(41)42)15-19-8-10-20(36)11-9-19/h8-11,17-18,21-24,36H,5-7,12-16,30-31H2,1-4H3,(H,32,39)(H,33,37)(H,34,40)(H,35,38)(H,41,42)/t21-,22-,23-,24-/m0/s1. The van der Waals surface area contributed by atoms with Gasteiger partial charge in [0.2, 0.25) is 23.6 Å². The fourth-order valence-electron chi connectivity index (χ4n) is 4.23. The highest BCUT2D eigenvalue weighted by atomic mass is 16.4. The number of phenolic OH excluding ortho intramolecular Hbond substituents is 1. The first-order chi connectivity index (χ1) is 19.7. The zero-order valence-corrected chi connectivity index (χ0v) is 25.0. The molecule has 0 saturated heterocycles. The number of unbranched alkanes of at least 4 members (excludes halogenated alkanes) is 1. The van der Waals surface area contributed by atoms with E-state index in [0.717, 1.165) is 0 Å². The number of hydrogen-bond donors (Lipinski definition) is 8. The molecule has 4 amide bonds. The smallest absolute Gasteiger partial charge is 0.326 e. The summed E-state index contributed by atoms with van der Waals surface area (Å²) in [7, 11) is 0. The van der Waals surface area contributed by atoms with Crippen molar-refractivity contribution in [2.45, 2.75) is 90.4 Å². The van der Waals surface area contributed by atoms with Crippen LogP contribution in [-0.2, 0) is 30.4 Å². The zero-order chi connectivity index (χ0) is 31.8. The van der Waals surface area contributed by atoms with Gasteiger partial charge in [0.25, 0.3) is 0 Å². The van der Waals surface area contributed by atoms with Crippen LogP contribution in [0, 0.1) is 11.8 Å². The maximum absolute atomic E-state index is 13.2. The molecule has 4 atom stereocenters. The van der Waals surface area contributed by atoms with Gasteiger partial charge in [0, 0.05) is 6.42 Å². The lowest BCUT2D eigenvalue weighted by Crippen LogP contribution is -2.56. The number of nitrogens with two attached hydrogens (primary N) is 2. The second-order valence-corrected chi connectivity index (χ2v) is 11.3. The number of rotatable bonds is 19. The monoisotopic (exact) mass is 592 g/mol. The van der Waals surface area contributed by atoms with E-state index in [1.54, 1.807) is 12.1 Å². The fourth-order valence-corrected chi connectivity index (χ4v) is 4.23. The molecule has 0 saturated carbocycles. The molecule has 42 heavy (non-hydrogen) atoms. The predicted molar refractivity (Wildman–Crippen MR) is 158 cm³/mol. The molecule has 0 aliphatic heterocycles. The first-order valence-corrected chi connectivity index (χ1v) is 14.4. The van der Waals surface area contributed by atoms with Gasteiger partial charge in [-0.2, -0.15) is 0 Å². The average Bonchev–Trinajstić information content (AvgIpc) is 2.90. The van der Waals surface area contributed by atoms with Crippen molar-refractivity contribution in [2.24, 2.45) is 23.3 Å². The van der Waals surface area contributed by atoms with Crippen LogP contribution >= 0.6 is 0 Å². The molecule has 10 N–H and O–H groups in total. The molecular formula is C29H48N6O7. The first kappa shape index (κ1) is 36.3. The molecule has 0 unspecified atom stereocenters. The Balaban J connectivity index is 2.87. The maximum Gasteiger partial charge on any atom is 0.326 e. The van der Waals surface area contributed by atoms with Gasteiger partial charge in [-0.25, -0.2) is 4.79 Å². The van der Waals surface area contributed by atoms with E-state index >= 15 is 0 Å². The van der Waals surface area contributed by atoms with Crippen molar-refractivity contribution in [3.8, 4) is 5.75 Å². The lowest BCUT2D eigenvalue weighted by atomic mass is 10.00. The third kappa shape index (κ3) is 14.3. The summed E-state index contributed by atoms with van der Waals surface area (Å²) in [4.78, 5) is 63.1. The van der Waals surface area contributed by atoms with Crippen LogP contribution in [0.3, 0.4) is 0 Å². The van der Waals surface area contributed by atoms with Gasteiger partial charge in [0.1, 0.15) is 23.9 Å². The van der Waals surface area contributed by atoms with Gasteiger partial charge in [-0.3, -0.25) is 19.2 Å². The fraction of sp³-hybridized carbons (Fsp3) is 0.621. The normalized spacial score (nSPS) is 14.0. The quantitative estimate of drug-likeness (QED) is 0.102. The molecule has 1 aromatic rings. The van der Waals surface area contributed by atoms with Gasteiger partial charge in [-0.05, 0) is 68.2 Å². The Bertz CT molecular complexity index is 1030. The highest BCUT2D eigenvalue weighted by Gasteiger charge is 2.29. The van der Waals surface area contributed by atoms with Crippen molar-refractivity contribution in [1.29, 1.82) is 0 Å². The van der Waals surface area contributed by atoms with Crippen LogP contribution in [0.5, 0.6) is 5.75 Å². The molecule has 0 aliphatic carbocycles. The number of aromatic hydroxyl groups is 1. The molecule has 0 aliphatic rings. The topological polar surface area (TPSA) is 226 Å². The summed E-state index contributed by atoms with van der Waals surface area (Å²) in [5.41, 5.74) is 12.2. The van der Waals surface area contributed by atoms with Crippen molar-refractivity contribution in [3.63, 3.8) is 0 Å². The number of nitrogens with one attached hydrogen (secondary N) is 4. The molecule has 0 fully saturated rings. The predicted octanol–water partition coefficient (Wildman–Crippen LogP) is 0.138. The van der Waals surface area contributed by atoms with E-state index in [1.165, 1.54) is 12.1 Å². The summed E-state index contributed by atoms with van der Waals surface area (Å²) in [6.07, 6.45) is 2.11. The number of carbonyl (C=O) groups is 5. The molecule has 1 aromatic carbocycles. The summed E-state index contributed by atoms with van der Waals surface area (Å²) in [6, 6.07) is 1.93. The van der Waals surface area contributed by atoms with Crippen molar-refractivity contribution in [2.75, 3.05) is 13.1 Å². The van der Waals surface area contributed by atoms with Gasteiger partial charge < -0.3 is 42.9 Å². The Morgan fingerprint density at radius 1 is 0.786 bits per heavy atom. The summed E-state index contributed by atoms with van der Waals surface area (Å²) in [6.45, 7) is 7.55. The third-order valence-electron chi connectivity index (χ3n) is 6.41. The first-order valence-electron chi connectivity index (χ1n) is 14.4. The molecular weight excluding hydrogens is 544 g/mol. The van der Waals surface area contributed by atoms with Gasteiger partial charge in [-0.15, -0.1) is 0 Å². The summed E-state index contributed by atoms with van der Waals surface area (Å²) in [5, 5.41) is 29.2. The van der Waals surface area contributed by atoms with E-state index in [0.29, 0.717) is 37.8 Å². The number of hydrogen-bond acceptors (Lipinski definition) is 8. The van der Waals surface area contributed by atoms with Gasteiger partial charge in [0.15, 0.2) is 0 Å². The summed E-state index contributed by atoms with van der Waals surface area (Å²) < 4.78 is 0. The Hall–Kier alpha value is -3.71. The minimum absolute atomic E-state index is 0.0260. The van der Waals surface area contributed by atoms with Crippen molar-refractivity contribution < 1.29 is 34.2 Å². The molecule has 13 nitrogen and oxygen atoms in total.